The zero-order chi connectivity index (χ0) is 16.4. The number of amides is 3. The summed E-state index contributed by atoms with van der Waals surface area (Å²) in [7, 11) is 0. The molecule has 0 spiro atoms. The molecule has 0 aliphatic heterocycles. The molecule has 0 saturated carbocycles. The van der Waals surface area contributed by atoms with Crippen molar-refractivity contribution in [1.82, 2.24) is 16.0 Å². The predicted molar refractivity (Wildman–Crippen MR) is 91.4 cm³/mol. The number of thioether (sulfide) groups is 1. The Labute approximate surface area is 140 Å². The molecular weight excluding hydrogens is 322 g/mol. The molecule has 1 aromatic rings. The molecule has 0 aliphatic carbocycles. The molecular formula is C15H22ClN3O2S. The highest BCUT2D eigenvalue weighted by atomic mass is 35.5. The van der Waals surface area contributed by atoms with Gasteiger partial charge in [-0.3, -0.25) is 4.79 Å². The van der Waals surface area contributed by atoms with Crippen LogP contribution in [0.25, 0.3) is 0 Å². The minimum atomic E-state index is -0.226. The number of urea groups is 1. The SMILES string of the molecule is CC(C)C(=O)NCCNC(=O)NCCSc1ccc(Cl)cc1. The second-order valence-electron chi connectivity index (χ2n) is 4.93. The van der Waals surface area contributed by atoms with Crippen molar-refractivity contribution in [3.63, 3.8) is 0 Å². The van der Waals surface area contributed by atoms with Gasteiger partial charge in [0.2, 0.25) is 5.91 Å². The Morgan fingerprint density at radius 2 is 1.64 bits per heavy atom. The van der Waals surface area contributed by atoms with E-state index in [1.54, 1.807) is 11.8 Å². The lowest BCUT2D eigenvalue weighted by atomic mass is 10.2. The smallest absolute Gasteiger partial charge is 0.314 e. The third-order valence-corrected chi connectivity index (χ3v) is 3.97. The van der Waals surface area contributed by atoms with Crippen LogP contribution in [0.15, 0.2) is 29.2 Å². The lowest BCUT2D eigenvalue weighted by molar-refractivity contribution is -0.123. The van der Waals surface area contributed by atoms with Crippen LogP contribution in [0.5, 0.6) is 0 Å². The topological polar surface area (TPSA) is 70.2 Å². The van der Waals surface area contributed by atoms with Crippen LogP contribution >= 0.6 is 23.4 Å². The Balaban J connectivity index is 2.04. The summed E-state index contributed by atoms with van der Waals surface area (Å²) >= 11 is 7.46. The van der Waals surface area contributed by atoms with E-state index in [0.717, 1.165) is 10.6 Å². The van der Waals surface area contributed by atoms with Gasteiger partial charge < -0.3 is 16.0 Å². The van der Waals surface area contributed by atoms with Crippen LogP contribution in [0.3, 0.4) is 0 Å². The lowest BCUT2D eigenvalue weighted by Gasteiger charge is -2.09. The summed E-state index contributed by atoms with van der Waals surface area (Å²) in [5.41, 5.74) is 0. The first kappa shape index (κ1) is 18.6. The van der Waals surface area contributed by atoms with Crippen molar-refractivity contribution in [3.05, 3.63) is 29.3 Å². The van der Waals surface area contributed by atoms with Crippen LogP contribution in [0.1, 0.15) is 13.8 Å². The van der Waals surface area contributed by atoms with Crippen LogP contribution in [-0.2, 0) is 4.79 Å². The molecule has 0 saturated heterocycles. The molecule has 122 valence electrons. The van der Waals surface area contributed by atoms with Crippen LogP contribution in [0, 0.1) is 5.92 Å². The van der Waals surface area contributed by atoms with E-state index >= 15 is 0 Å². The predicted octanol–water partition coefficient (Wildman–Crippen LogP) is 2.50. The van der Waals surface area contributed by atoms with Gasteiger partial charge in [-0.15, -0.1) is 11.8 Å². The van der Waals surface area contributed by atoms with Crippen LogP contribution in [0.4, 0.5) is 4.79 Å². The number of hydrogen-bond donors (Lipinski definition) is 3. The highest BCUT2D eigenvalue weighted by Crippen LogP contribution is 2.19. The number of rotatable bonds is 8. The summed E-state index contributed by atoms with van der Waals surface area (Å²) in [5, 5.41) is 8.91. The molecule has 0 aliphatic rings. The second kappa shape index (κ2) is 10.3. The van der Waals surface area contributed by atoms with E-state index < -0.39 is 0 Å². The maximum Gasteiger partial charge on any atom is 0.314 e. The first-order chi connectivity index (χ1) is 10.5. The maximum atomic E-state index is 11.5. The zero-order valence-electron chi connectivity index (χ0n) is 12.8. The molecule has 0 bridgehead atoms. The Bertz CT molecular complexity index is 480. The molecule has 0 radical (unpaired) electrons. The zero-order valence-corrected chi connectivity index (χ0v) is 14.4. The van der Waals surface area contributed by atoms with Gasteiger partial charge in [0.15, 0.2) is 0 Å². The van der Waals surface area contributed by atoms with E-state index in [9.17, 15) is 9.59 Å². The average molecular weight is 344 g/mol. The van der Waals surface area contributed by atoms with Crippen LogP contribution in [-0.4, -0.2) is 37.3 Å². The molecule has 0 fully saturated rings. The highest BCUT2D eigenvalue weighted by Gasteiger charge is 2.05. The Morgan fingerprint density at radius 3 is 2.27 bits per heavy atom. The monoisotopic (exact) mass is 343 g/mol. The fourth-order valence-corrected chi connectivity index (χ4v) is 2.39. The third kappa shape index (κ3) is 8.14. The quantitative estimate of drug-likeness (QED) is 0.501. The van der Waals surface area contributed by atoms with Crippen molar-refractivity contribution in [1.29, 1.82) is 0 Å². The summed E-state index contributed by atoms with van der Waals surface area (Å²) in [4.78, 5) is 23.9. The maximum absolute atomic E-state index is 11.5. The summed E-state index contributed by atoms with van der Waals surface area (Å²) in [6.07, 6.45) is 0. The van der Waals surface area contributed by atoms with Gasteiger partial charge >= 0.3 is 6.03 Å². The van der Waals surface area contributed by atoms with Crippen molar-refractivity contribution < 1.29 is 9.59 Å². The Kier molecular flexibility index (Phi) is 8.77. The van der Waals surface area contributed by atoms with Crippen molar-refractivity contribution in [3.8, 4) is 0 Å². The van der Waals surface area contributed by atoms with Gasteiger partial charge in [0.05, 0.1) is 0 Å². The van der Waals surface area contributed by atoms with Gasteiger partial charge in [-0.05, 0) is 24.3 Å². The third-order valence-electron chi connectivity index (χ3n) is 2.70. The normalized spacial score (nSPS) is 10.4. The molecule has 7 heteroatoms. The van der Waals surface area contributed by atoms with Crippen molar-refractivity contribution >= 4 is 35.3 Å². The molecule has 5 nitrogen and oxygen atoms in total. The van der Waals surface area contributed by atoms with Gasteiger partial charge in [-0.1, -0.05) is 25.4 Å². The lowest BCUT2D eigenvalue weighted by Crippen LogP contribution is -2.41. The van der Waals surface area contributed by atoms with Gasteiger partial charge in [0.1, 0.15) is 0 Å². The van der Waals surface area contributed by atoms with Crippen molar-refractivity contribution in [2.45, 2.75) is 18.7 Å². The summed E-state index contributed by atoms with van der Waals surface area (Å²) < 4.78 is 0. The number of halogens is 1. The van der Waals surface area contributed by atoms with Crippen molar-refractivity contribution in [2.75, 3.05) is 25.4 Å². The first-order valence-electron chi connectivity index (χ1n) is 7.17. The molecule has 0 aromatic heterocycles. The number of nitrogens with one attached hydrogen (secondary N) is 3. The minimum absolute atomic E-state index is 0.0124. The van der Waals surface area contributed by atoms with E-state index in [1.807, 2.05) is 38.1 Å². The molecule has 3 amide bonds. The van der Waals surface area contributed by atoms with E-state index in [2.05, 4.69) is 16.0 Å². The second-order valence-corrected chi connectivity index (χ2v) is 6.54. The van der Waals surface area contributed by atoms with Gasteiger partial charge in [-0.2, -0.15) is 0 Å². The molecule has 0 unspecified atom stereocenters. The van der Waals surface area contributed by atoms with Gasteiger partial charge in [-0.25, -0.2) is 4.79 Å². The summed E-state index contributed by atoms with van der Waals surface area (Å²) in [6, 6.07) is 7.36. The van der Waals surface area contributed by atoms with Gasteiger partial charge in [0, 0.05) is 41.2 Å². The highest BCUT2D eigenvalue weighted by molar-refractivity contribution is 7.99. The van der Waals surface area contributed by atoms with Crippen LogP contribution < -0.4 is 16.0 Å². The van der Waals surface area contributed by atoms with Crippen molar-refractivity contribution in [2.24, 2.45) is 5.92 Å². The summed E-state index contributed by atoms with van der Waals surface area (Å²) in [5.74, 6) is 0.722. The number of carbonyl (C=O) groups is 2. The van der Waals surface area contributed by atoms with E-state index in [4.69, 9.17) is 11.6 Å². The fraction of sp³-hybridized carbons (Fsp3) is 0.467. The largest absolute Gasteiger partial charge is 0.354 e. The van der Waals surface area contributed by atoms with Gasteiger partial charge in [0.25, 0.3) is 0 Å². The Morgan fingerprint density at radius 1 is 1.05 bits per heavy atom. The molecule has 1 rings (SSSR count). The molecule has 22 heavy (non-hydrogen) atoms. The first-order valence-corrected chi connectivity index (χ1v) is 8.53. The number of benzene rings is 1. The van der Waals surface area contributed by atoms with E-state index in [1.165, 1.54) is 0 Å². The fourth-order valence-electron chi connectivity index (χ4n) is 1.49. The average Bonchev–Trinajstić information content (AvgIpc) is 2.49. The van der Waals surface area contributed by atoms with E-state index in [-0.39, 0.29) is 17.9 Å². The van der Waals surface area contributed by atoms with E-state index in [0.29, 0.717) is 24.7 Å². The van der Waals surface area contributed by atoms with Crippen LogP contribution in [0.2, 0.25) is 5.02 Å². The minimum Gasteiger partial charge on any atom is -0.354 e. The Hall–Kier alpha value is -1.40. The molecule has 1 aromatic carbocycles. The standard InChI is InChI=1S/C15H22ClN3O2S/c1-11(2)14(20)17-7-8-18-15(21)19-9-10-22-13-5-3-12(16)4-6-13/h3-6,11H,7-10H2,1-2H3,(H,17,20)(H2,18,19,21). The molecule has 3 N–H and O–H groups in total. The number of hydrogen-bond acceptors (Lipinski definition) is 3. The number of carbonyl (C=O) groups excluding carboxylic acids is 2. The molecule has 0 heterocycles. The summed E-state index contributed by atoms with van der Waals surface area (Å²) in [6.45, 7) is 5.07. The molecule has 0 atom stereocenters.